The van der Waals surface area contributed by atoms with E-state index in [1.165, 1.54) is 19.3 Å². The molecule has 1 atom stereocenters. The molecule has 18 heavy (non-hydrogen) atoms. The maximum atomic E-state index is 11.9. The highest BCUT2D eigenvalue weighted by Gasteiger charge is 2.16. The Hall–Kier alpha value is -0.770. The van der Waals surface area contributed by atoms with Crippen molar-refractivity contribution in [3.05, 3.63) is 22.1 Å². The van der Waals surface area contributed by atoms with Crippen molar-refractivity contribution in [1.82, 2.24) is 5.32 Å². The predicted molar refractivity (Wildman–Crippen MR) is 76.8 cm³/mol. The van der Waals surface area contributed by atoms with Gasteiger partial charge in [-0.2, -0.15) is 0 Å². The van der Waals surface area contributed by atoms with E-state index in [2.05, 4.69) is 35.1 Å². The Labute approximate surface area is 117 Å². The fourth-order valence-corrected chi connectivity index (χ4v) is 2.43. The van der Waals surface area contributed by atoms with E-state index in [9.17, 15) is 4.79 Å². The van der Waals surface area contributed by atoms with Gasteiger partial charge in [-0.1, -0.05) is 33.1 Å². The lowest BCUT2D eigenvalue weighted by atomic mass is 9.99. The summed E-state index contributed by atoms with van der Waals surface area (Å²) < 4.78 is 5.93. The summed E-state index contributed by atoms with van der Waals surface area (Å²) in [6, 6.07) is 1.81. The SMILES string of the molecule is CCCCC(CC)CNC(=O)c1oc(Br)cc1C. The lowest BCUT2D eigenvalue weighted by Crippen LogP contribution is -2.29. The summed E-state index contributed by atoms with van der Waals surface area (Å²) >= 11 is 3.23. The average molecular weight is 316 g/mol. The maximum Gasteiger partial charge on any atom is 0.287 e. The summed E-state index contributed by atoms with van der Waals surface area (Å²) in [5.74, 6) is 0.855. The molecule has 1 N–H and O–H groups in total. The monoisotopic (exact) mass is 315 g/mol. The van der Waals surface area contributed by atoms with Gasteiger partial charge in [0.05, 0.1) is 0 Å². The van der Waals surface area contributed by atoms with E-state index in [0.717, 1.165) is 18.5 Å². The first-order valence-electron chi connectivity index (χ1n) is 6.62. The molecular weight excluding hydrogens is 294 g/mol. The molecule has 0 radical (unpaired) electrons. The number of nitrogens with one attached hydrogen (secondary N) is 1. The number of halogens is 1. The first-order valence-corrected chi connectivity index (χ1v) is 7.41. The summed E-state index contributed by atoms with van der Waals surface area (Å²) in [6.45, 7) is 6.96. The summed E-state index contributed by atoms with van der Waals surface area (Å²) in [5, 5.41) is 2.96. The lowest BCUT2D eigenvalue weighted by Gasteiger charge is -2.14. The summed E-state index contributed by atoms with van der Waals surface area (Å²) in [4.78, 5) is 11.9. The van der Waals surface area contributed by atoms with Gasteiger partial charge in [0, 0.05) is 12.1 Å². The third kappa shape index (κ3) is 4.48. The number of hydrogen-bond acceptors (Lipinski definition) is 2. The van der Waals surface area contributed by atoms with Crippen LogP contribution in [0.4, 0.5) is 0 Å². The zero-order valence-corrected chi connectivity index (χ0v) is 13.0. The number of carbonyl (C=O) groups is 1. The van der Waals surface area contributed by atoms with Crippen molar-refractivity contribution < 1.29 is 9.21 Å². The predicted octanol–water partition coefficient (Wildman–Crippen LogP) is 4.30. The van der Waals surface area contributed by atoms with E-state index in [1.54, 1.807) is 0 Å². The minimum Gasteiger partial charge on any atom is -0.444 e. The van der Waals surface area contributed by atoms with Crippen molar-refractivity contribution in [3.8, 4) is 0 Å². The number of rotatable bonds is 7. The highest BCUT2D eigenvalue weighted by atomic mass is 79.9. The second kappa shape index (κ2) is 7.62. The molecule has 1 amide bonds. The molecule has 0 aliphatic rings. The molecule has 0 fully saturated rings. The minimum absolute atomic E-state index is 0.117. The Balaban J connectivity index is 2.47. The number of amides is 1. The quantitative estimate of drug-likeness (QED) is 0.815. The van der Waals surface area contributed by atoms with Crippen molar-refractivity contribution in [2.75, 3.05) is 6.54 Å². The van der Waals surface area contributed by atoms with Gasteiger partial charge in [0.2, 0.25) is 0 Å². The van der Waals surface area contributed by atoms with Crippen molar-refractivity contribution in [3.63, 3.8) is 0 Å². The van der Waals surface area contributed by atoms with Crippen LogP contribution in [0.5, 0.6) is 0 Å². The van der Waals surface area contributed by atoms with Crippen LogP contribution in [0.2, 0.25) is 0 Å². The van der Waals surface area contributed by atoms with Crippen molar-refractivity contribution >= 4 is 21.8 Å². The second-order valence-electron chi connectivity index (χ2n) is 4.69. The normalized spacial score (nSPS) is 12.4. The molecule has 0 spiro atoms. The van der Waals surface area contributed by atoms with Gasteiger partial charge in [-0.3, -0.25) is 4.79 Å². The Bertz CT molecular complexity index is 387. The maximum absolute atomic E-state index is 11.9. The van der Waals surface area contributed by atoms with E-state index in [1.807, 2.05) is 13.0 Å². The number of aryl methyl sites for hydroxylation is 1. The highest BCUT2D eigenvalue weighted by molar-refractivity contribution is 9.10. The van der Waals surface area contributed by atoms with Crippen molar-refractivity contribution in [1.29, 1.82) is 0 Å². The molecule has 1 heterocycles. The van der Waals surface area contributed by atoms with Gasteiger partial charge >= 0.3 is 0 Å². The van der Waals surface area contributed by atoms with Gasteiger partial charge in [0.15, 0.2) is 10.4 Å². The van der Waals surface area contributed by atoms with E-state index < -0.39 is 0 Å². The number of hydrogen-bond donors (Lipinski definition) is 1. The lowest BCUT2D eigenvalue weighted by molar-refractivity contribution is 0.0916. The van der Waals surface area contributed by atoms with Gasteiger partial charge in [-0.05, 0) is 41.3 Å². The minimum atomic E-state index is -0.117. The van der Waals surface area contributed by atoms with Crippen LogP contribution in [0.1, 0.15) is 55.6 Å². The summed E-state index contributed by atoms with van der Waals surface area (Å²) in [7, 11) is 0. The molecule has 0 saturated carbocycles. The molecule has 0 bridgehead atoms. The Morgan fingerprint density at radius 3 is 2.72 bits per heavy atom. The number of carbonyl (C=O) groups excluding carboxylic acids is 1. The zero-order valence-electron chi connectivity index (χ0n) is 11.4. The molecular formula is C14H22BrNO2. The molecule has 1 aromatic rings. The molecule has 0 aromatic carbocycles. The third-order valence-corrected chi connectivity index (χ3v) is 3.58. The molecule has 102 valence electrons. The van der Waals surface area contributed by atoms with E-state index in [-0.39, 0.29) is 5.91 Å². The highest BCUT2D eigenvalue weighted by Crippen LogP contribution is 2.19. The summed E-state index contributed by atoms with van der Waals surface area (Å²) in [6.07, 6.45) is 4.70. The largest absolute Gasteiger partial charge is 0.444 e. The summed E-state index contributed by atoms with van der Waals surface area (Å²) in [5.41, 5.74) is 0.862. The molecule has 0 saturated heterocycles. The number of unbranched alkanes of at least 4 members (excludes halogenated alkanes) is 1. The standard InChI is InChI=1S/C14H22BrNO2/c1-4-6-7-11(5-2)9-16-14(17)13-10(3)8-12(15)18-13/h8,11H,4-7,9H2,1-3H3,(H,16,17). The molecule has 4 heteroatoms. The topological polar surface area (TPSA) is 42.2 Å². The van der Waals surface area contributed by atoms with Gasteiger partial charge in [-0.15, -0.1) is 0 Å². The smallest absolute Gasteiger partial charge is 0.287 e. The molecule has 1 aromatic heterocycles. The van der Waals surface area contributed by atoms with Crippen LogP contribution in [0.15, 0.2) is 15.2 Å². The van der Waals surface area contributed by atoms with Crippen LogP contribution < -0.4 is 5.32 Å². The van der Waals surface area contributed by atoms with E-state index in [4.69, 9.17) is 4.42 Å². The Morgan fingerprint density at radius 2 is 2.22 bits per heavy atom. The van der Waals surface area contributed by atoms with Crippen LogP contribution >= 0.6 is 15.9 Å². The molecule has 0 aliphatic carbocycles. The fourth-order valence-electron chi connectivity index (χ4n) is 1.93. The third-order valence-electron chi connectivity index (χ3n) is 3.19. The van der Waals surface area contributed by atoms with Gasteiger partial charge < -0.3 is 9.73 Å². The van der Waals surface area contributed by atoms with Crippen LogP contribution in [0.25, 0.3) is 0 Å². The van der Waals surface area contributed by atoms with Crippen LogP contribution in [-0.2, 0) is 0 Å². The van der Waals surface area contributed by atoms with E-state index >= 15 is 0 Å². The first-order chi connectivity index (χ1) is 8.58. The van der Waals surface area contributed by atoms with Gasteiger partial charge in [0.25, 0.3) is 5.91 Å². The van der Waals surface area contributed by atoms with Crippen LogP contribution in [-0.4, -0.2) is 12.5 Å². The molecule has 1 unspecified atom stereocenters. The Kier molecular flexibility index (Phi) is 6.47. The first kappa shape index (κ1) is 15.3. The van der Waals surface area contributed by atoms with Crippen molar-refractivity contribution in [2.45, 2.75) is 46.5 Å². The van der Waals surface area contributed by atoms with Crippen LogP contribution in [0.3, 0.4) is 0 Å². The van der Waals surface area contributed by atoms with Gasteiger partial charge in [-0.25, -0.2) is 0 Å². The molecule has 0 aliphatic heterocycles. The average Bonchev–Trinajstić information content (AvgIpc) is 2.68. The Morgan fingerprint density at radius 1 is 1.50 bits per heavy atom. The zero-order chi connectivity index (χ0) is 13.5. The van der Waals surface area contributed by atoms with Gasteiger partial charge in [0.1, 0.15) is 0 Å². The fraction of sp³-hybridized carbons (Fsp3) is 0.643. The van der Waals surface area contributed by atoms with Crippen molar-refractivity contribution in [2.24, 2.45) is 5.92 Å². The molecule has 3 nitrogen and oxygen atoms in total. The second-order valence-corrected chi connectivity index (χ2v) is 5.47. The molecule has 1 rings (SSSR count). The van der Waals surface area contributed by atoms with E-state index in [0.29, 0.717) is 16.3 Å². The van der Waals surface area contributed by atoms with Crippen LogP contribution in [0, 0.1) is 12.8 Å². The number of furan rings is 1.